The van der Waals surface area contributed by atoms with Gasteiger partial charge >= 0.3 is 6.03 Å². The van der Waals surface area contributed by atoms with Crippen LogP contribution < -0.4 is 10.1 Å². The number of halogens is 2. The summed E-state index contributed by atoms with van der Waals surface area (Å²) in [5.74, 6) is -1.44. The molecule has 1 unspecified atom stereocenters. The molecular weight excluding hydrogens is 342 g/mol. The number of benzene rings is 2. The molecule has 1 atom stereocenters. The Morgan fingerprint density at radius 3 is 2.65 bits per heavy atom. The van der Waals surface area contributed by atoms with E-state index >= 15 is 0 Å². The van der Waals surface area contributed by atoms with E-state index in [2.05, 4.69) is 5.32 Å². The van der Waals surface area contributed by atoms with E-state index < -0.39 is 29.6 Å². The Labute approximate surface area is 149 Å². The molecule has 3 amide bonds. The van der Waals surface area contributed by atoms with E-state index in [-0.39, 0.29) is 18.2 Å². The van der Waals surface area contributed by atoms with Crippen LogP contribution in [0.4, 0.5) is 13.6 Å². The topological polar surface area (TPSA) is 58.6 Å². The second kappa shape index (κ2) is 7.11. The highest BCUT2D eigenvalue weighted by molar-refractivity contribution is 6.04. The highest BCUT2D eigenvalue weighted by Gasteiger charge is 2.40. The molecule has 1 heterocycles. The van der Waals surface area contributed by atoms with Crippen molar-refractivity contribution in [2.75, 3.05) is 0 Å². The fourth-order valence-electron chi connectivity index (χ4n) is 2.79. The van der Waals surface area contributed by atoms with Crippen LogP contribution in [0.25, 0.3) is 0 Å². The number of carbonyl (C=O) groups excluding carboxylic acids is 2. The number of hydrogen-bond donors (Lipinski definition) is 1. The van der Waals surface area contributed by atoms with Gasteiger partial charge in [-0.2, -0.15) is 0 Å². The minimum atomic E-state index is -1.24. The van der Waals surface area contributed by atoms with Crippen molar-refractivity contribution in [3.05, 3.63) is 65.2 Å². The predicted octanol–water partition coefficient (Wildman–Crippen LogP) is 3.55. The van der Waals surface area contributed by atoms with Crippen LogP contribution in [-0.2, 0) is 11.3 Å². The van der Waals surface area contributed by atoms with Crippen LogP contribution in [0.1, 0.15) is 31.0 Å². The third-order valence-corrected chi connectivity index (χ3v) is 3.91. The van der Waals surface area contributed by atoms with E-state index in [1.165, 1.54) is 0 Å². The first-order chi connectivity index (χ1) is 12.3. The maximum atomic E-state index is 13.9. The number of imide groups is 1. The van der Waals surface area contributed by atoms with E-state index in [0.29, 0.717) is 11.3 Å². The molecule has 2 aromatic rings. The molecule has 0 saturated carbocycles. The van der Waals surface area contributed by atoms with Crippen LogP contribution in [-0.4, -0.2) is 22.9 Å². The van der Waals surface area contributed by atoms with Gasteiger partial charge < -0.3 is 10.1 Å². The van der Waals surface area contributed by atoms with Crippen LogP contribution in [0.2, 0.25) is 0 Å². The molecule has 0 spiro atoms. The van der Waals surface area contributed by atoms with E-state index in [4.69, 9.17) is 4.74 Å². The SMILES string of the molecule is CC(C)Oc1cccc(CN2C(=O)NC(c3cc(F)ccc3F)C2=O)c1. The summed E-state index contributed by atoms with van der Waals surface area (Å²) in [6.45, 7) is 3.79. The zero-order valence-corrected chi connectivity index (χ0v) is 14.3. The predicted molar refractivity (Wildman–Crippen MR) is 90.4 cm³/mol. The quantitative estimate of drug-likeness (QED) is 0.830. The van der Waals surface area contributed by atoms with Gasteiger partial charge in [0.05, 0.1) is 12.6 Å². The molecule has 0 bridgehead atoms. The van der Waals surface area contributed by atoms with Crippen molar-refractivity contribution in [2.45, 2.75) is 32.5 Å². The van der Waals surface area contributed by atoms with E-state index in [0.717, 1.165) is 23.1 Å². The molecule has 136 valence electrons. The fraction of sp³-hybridized carbons (Fsp3) is 0.263. The van der Waals surface area contributed by atoms with Crippen LogP contribution in [0, 0.1) is 11.6 Å². The highest BCUT2D eigenvalue weighted by Crippen LogP contribution is 2.27. The smallest absolute Gasteiger partial charge is 0.325 e. The average molecular weight is 360 g/mol. The van der Waals surface area contributed by atoms with Crippen LogP contribution in [0.3, 0.4) is 0 Å². The Morgan fingerprint density at radius 1 is 1.15 bits per heavy atom. The lowest BCUT2D eigenvalue weighted by atomic mass is 10.1. The van der Waals surface area contributed by atoms with Crippen molar-refractivity contribution in [1.29, 1.82) is 0 Å². The number of nitrogens with one attached hydrogen (secondary N) is 1. The highest BCUT2D eigenvalue weighted by atomic mass is 19.1. The number of hydrogen-bond acceptors (Lipinski definition) is 3. The number of carbonyl (C=O) groups is 2. The molecule has 1 saturated heterocycles. The standard InChI is InChI=1S/C19H18F2N2O3/c1-11(2)26-14-5-3-4-12(8-14)10-23-18(24)17(22-19(23)25)15-9-13(20)6-7-16(15)21/h3-9,11,17H,10H2,1-2H3,(H,22,25). The first kappa shape index (κ1) is 17.8. The lowest BCUT2D eigenvalue weighted by Crippen LogP contribution is -2.30. The molecule has 1 aliphatic rings. The Kier molecular flexibility index (Phi) is 4.88. The summed E-state index contributed by atoms with van der Waals surface area (Å²) >= 11 is 0. The van der Waals surface area contributed by atoms with Gasteiger partial charge in [0.2, 0.25) is 0 Å². The van der Waals surface area contributed by atoms with E-state index in [9.17, 15) is 18.4 Å². The summed E-state index contributed by atoms with van der Waals surface area (Å²) < 4.78 is 32.9. The van der Waals surface area contributed by atoms with Gasteiger partial charge in [-0.05, 0) is 49.7 Å². The van der Waals surface area contributed by atoms with Gasteiger partial charge in [-0.25, -0.2) is 13.6 Å². The van der Waals surface area contributed by atoms with Gasteiger partial charge in [-0.1, -0.05) is 12.1 Å². The zero-order chi connectivity index (χ0) is 18.8. The van der Waals surface area contributed by atoms with Crippen LogP contribution in [0.15, 0.2) is 42.5 Å². The molecule has 0 aliphatic carbocycles. The van der Waals surface area contributed by atoms with Gasteiger partial charge in [-0.3, -0.25) is 9.69 Å². The average Bonchev–Trinajstić information content (AvgIpc) is 2.85. The van der Waals surface area contributed by atoms with Gasteiger partial charge in [0.1, 0.15) is 23.4 Å². The van der Waals surface area contributed by atoms with Gasteiger partial charge in [0, 0.05) is 5.56 Å². The lowest BCUT2D eigenvalue weighted by Gasteiger charge is -2.15. The Hall–Kier alpha value is -2.96. The minimum absolute atomic E-state index is 0.00734. The molecule has 1 N–H and O–H groups in total. The van der Waals surface area contributed by atoms with E-state index in [1.807, 2.05) is 13.8 Å². The number of nitrogens with zero attached hydrogens (tertiary/aromatic N) is 1. The molecule has 2 aromatic carbocycles. The normalized spacial score (nSPS) is 17.0. The fourth-order valence-corrected chi connectivity index (χ4v) is 2.79. The largest absolute Gasteiger partial charge is 0.491 e. The van der Waals surface area contributed by atoms with Crippen molar-refractivity contribution in [3.63, 3.8) is 0 Å². The monoisotopic (exact) mass is 360 g/mol. The van der Waals surface area contributed by atoms with Gasteiger partial charge in [0.25, 0.3) is 5.91 Å². The van der Waals surface area contributed by atoms with Crippen LogP contribution >= 0.6 is 0 Å². The molecule has 0 radical (unpaired) electrons. The van der Waals surface area contributed by atoms with Gasteiger partial charge in [-0.15, -0.1) is 0 Å². The zero-order valence-electron chi connectivity index (χ0n) is 14.3. The number of urea groups is 1. The minimum Gasteiger partial charge on any atom is -0.491 e. The third-order valence-electron chi connectivity index (χ3n) is 3.91. The van der Waals surface area contributed by atoms with Gasteiger partial charge in [0.15, 0.2) is 0 Å². The Bertz CT molecular complexity index is 854. The number of amides is 3. The molecule has 0 aromatic heterocycles. The summed E-state index contributed by atoms with van der Waals surface area (Å²) in [6.07, 6.45) is -0.0118. The third kappa shape index (κ3) is 3.66. The number of ether oxygens (including phenoxy) is 1. The van der Waals surface area contributed by atoms with Crippen molar-refractivity contribution >= 4 is 11.9 Å². The van der Waals surface area contributed by atoms with Crippen molar-refractivity contribution < 1.29 is 23.1 Å². The van der Waals surface area contributed by atoms with Crippen molar-refractivity contribution in [1.82, 2.24) is 10.2 Å². The molecule has 7 heteroatoms. The second-order valence-corrected chi connectivity index (χ2v) is 6.29. The Balaban J connectivity index is 1.81. The van der Waals surface area contributed by atoms with Crippen molar-refractivity contribution in [2.24, 2.45) is 0 Å². The summed E-state index contributed by atoms with van der Waals surface area (Å²) in [5, 5.41) is 2.40. The summed E-state index contributed by atoms with van der Waals surface area (Å²) in [5.41, 5.74) is 0.495. The molecule has 5 nitrogen and oxygen atoms in total. The summed E-state index contributed by atoms with van der Waals surface area (Å²) in [4.78, 5) is 25.7. The molecule has 1 aliphatic heterocycles. The molecule has 1 fully saturated rings. The molecular formula is C19H18F2N2O3. The second-order valence-electron chi connectivity index (χ2n) is 6.29. The first-order valence-electron chi connectivity index (χ1n) is 8.17. The lowest BCUT2D eigenvalue weighted by molar-refractivity contribution is -0.128. The first-order valence-corrected chi connectivity index (χ1v) is 8.17. The molecule has 3 rings (SSSR count). The molecule has 26 heavy (non-hydrogen) atoms. The maximum Gasteiger partial charge on any atom is 0.325 e. The number of rotatable bonds is 5. The van der Waals surface area contributed by atoms with Crippen LogP contribution in [0.5, 0.6) is 5.75 Å². The summed E-state index contributed by atoms with van der Waals surface area (Å²) in [6, 6.07) is 7.93. The summed E-state index contributed by atoms with van der Waals surface area (Å²) in [7, 11) is 0. The maximum absolute atomic E-state index is 13.9. The van der Waals surface area contributed by atoms with Crippen molar-refractivity contribution in [3.8, 4) is 5.75 Å². The van der Waals surface area contributed by atoms with E-state index in [1.54, 1.807) is 24.3 Å². The Morgan fingerprint density at radius 2 is 1.92 bits per heavy atom.